The molecule has 1 atom stereocenters. The van der Waals surface area contributed by atoms with Crippen molar-refractivity contribution in [3.63, 3.8) is 0 Å². The Morgan fingerprint density at radius 1 is 1.24 bits per heavy atom. The Morgan fingerprint density at radius 3 is 2.00 bits per heavy atom. The fourth-order valence-corrected chi connectivity index (χ4v) is 1.53. The molecule has 0 aliphatic rings. The minimum Gasteiger partial charge on any atom is -0.330 e. The van der Waals surface area contributed by atoms with E-state index in [2.05, 4.69) is 0 Å². The van der Waals surface area contributed by atoms with Crippen LogP contribution >= 0.6 is 0 Å². The standard InChI is InChI=1S/C11H21F3N2O/c1-7(2)5-9(15)10(17)16(8(3)4)6-11(12,13)14/h7-9H,5-6,15H2,1-4H3. The number of alkyl halides is 3. The van der Waals surface area contributed by atoms with Crippen molar-refractivity contribution in [2.75, 3.05) is 6.54 Å². The van der Waals surface area contributed by atoms with Crippen molar-refractivity contribution >= 4 is 5.91 Å². The van der Waals surface area contributed by atoms with E-state index < -0.39 is 30.7 Å². The Morgan fingerprint density at radius 2 is 1.71 bits per heavy atom. The Labute approximate surface area is 100 Å². The van der Waals surface area contributed by atoms with Crippen molar-refractivity contribution < 1.29 is 18.0 Å². The van der Waals surface area contributed by atoms with Gasteiger partial charge in [-0.05, 0) is 26.2 Å². The number of carbonyl (C=O) groups is 1. The maximum absolute atomic E-state index is 12.3. The first-order valence-electron chi connectivity index (χ1n) is 5.67. The fraction of sp³-hybridized carbons (Fsp3) is 0.909. The molecule has 102 valence electrons. The highest BCUT2D eigenvalue weighted by atomic mass is 19.4. The van der Waals surface area contributed by atoms with Crippen LogP contribution in [0.2, 0.25) is 0 Å². The number of hydrogen-bond acceptors (Lipinski definition) is 2. The SMILES string of the molecule is CC(C)CC(N)C(=O)N(CC(F)(F)F)C(C)C. The molecule has 0 aliphatic carbocycles. The van der Waals surface area contributed by atoms with Crippen molar-refractivity contribution in [1.29, 1.82) is 0 Å². The molecule has 0 rings (SSSR count). The number of halogens is 3. The summed E-state index contributed by atoms with van der Waals surface area (Å²) in [5.74, 6) is -0.458. The summed E-state index contributed by atoms with van der Waals surface area (Å²) in [4.78, 5) is 12.6. The second-order valence-corrected chi connectivity index (χ2v) is 4.91. The molecule has 6 heteroatoms. The van der Waals surface area contributed by atoms with Crippen LogP contribution in [0.25, 0.3) is 0 Å². The van der Waals surface area contributed by atoms with Crippen LogP contribution in [0.3, 0.4) is 0 Å². The van der Waals surface area contributed by atoms with E-state index in [9.17, 15) is 18.0 Å². The normalized spacial score (nSPS) is 14.2. The van der Waals surface area contributed by atoms with E-state index in [0.29, 0.717) is 6.42 Å². The lowest BCUT2D eigenvalue weighted by molar-refractivity contribution is -0.165. The molecular formula is C11H21F3N2O. The molecule has 0 saturated heterocycles. The summed E-state index contributed by atoms with van der Waals surface area (Å²) in [6.45, 7) is 5.60. The van der Waals surface area contributed by atoms with Gasteiger partial charge in [0.05, 0.1) is 6.04 Å². The third-order valence-corrected chi connectivity index (χ3v) is 2.30. The number of hydrogen-bond donors (Lipinski definition) is 1. The van der Waals surface area contributed by atoms with Crippen LogP contribution in [-0.2, 0) is 4.79 Å². The number of nitrogens with zero attached hydrogens (tertiary/aromatic N) is 1. The molecule has 0 bridgehead atoms. The maximum Gasteiger partial charge on any atom is 0.406 e. The molecule has 0 saturated carbocycles. The van der Waals surface area contributed by atoms with E-state index in [4.69, 9.17) is 5.73 Å². The maximum atomic E-state index is 12.3. The molecule has 0 aromatic rings. The summed E-state index contributed by atoms with van der Waals surface area (Å²) in [7, 11) is 0. The molecule has 0 fully saturated rings. The largest absolute Gasteiger partial charge is 0.406 e. The van der Waals surface area contributed by atoms with Gasteiger partial charge in [-0.1, -0.05) is 13.8 Å². The second-order valence-electron chi connectivity index (χ2n) is 4.91. The highest BCUT2D eigenvalue weighted by Crippen LogP contribution is 2.19. The third-order valence-electron chi connectivity index (χ3n) is 2.30. The lowest BCUT2D eigenvalue weighted by atomic mass is 10.0. The monoisotopic (exact) mass is 254 g/mol. The van der Waals surface area contributed by atoms with Gasteiger partial charge in [-0.25, -0.2) is 0 Å². The van der Waals surface area contributed by atoms with E-state index in [0.717, 1.165) is 4.90 Å². The average Bonchev–Trinajstić information content (AvgIpc) is 2.10. The average molecular weight is 254 g/mol. The quantitative estimate of drug-likeness (QED) is 0.817. The Balaban J connectivity index is 4.66. The lowest BCUT2D eigenvalue weighted by Gasteiger charge is -2.30. The van der Waals surface area contributed by atoms with E-state index in [-0.39, 0.29) is 5.92 Å². The van der Waals surface area contributed by atoms with Gasteiger partial charge in [0.25, 0.3) is 0 Å². The van der Waals surface area contributed by atoms with E-state index in [1.807, 2.05) is 13.8 Å². The lowest BCUT2D eigenvalue weighted by Crippen LogP contribution is -2.50. The van der Waals surface area contributed by atoms with E-state index >= 15 is 0 Å². The van der Waals surface area contributed by atoms with Gasteiger partial charge in [0, 0.05) is 6.04 Å². The van der Waals surface area contributed by atoms with Crippen LogP contribution in [0.5, 0.6) is 0 Å². The second kappa shape index (κ2) is 6.23. The topological polar surface area (TPSA) is 46.3 Å². The van der Waals surface area contributed by atoms with Crippen LogP contribution < -0.4 is 5.73 Å². The molecule has 17 heavy (non-hydrogen) atoms. The van der Waals surface area contributed by atoms with Crippen LogP contribution in [0.4, 0.5) is 13.2 Å². The number of amides is 1. The van der Waals surface area contributed by atoms with Crippen molar-refractivity contribution in [3.05, 3.63) is 0 Å². The Bertz CT molecular complexity index is 252. The summed E-state index contributed by atoms with van der Waals surface area (Å²) in [5.41, 5.74) is 5.62. The van der Waals surface area contributed by atoms with Crippen molar-refractivity contribution in [1.82, 2.24) is 4.90 Å². The van der Waals surface area contributed by atoms with E-state index in [1.54, 1.807) is 13.8 Å². The molecule has 0 aromatic carbocycles. The first-order valence-corrected chi connectivity index (χ1v) is 5.67. The van der Waals surface area contributed by atoms with Crippen molar-refractivity contribution in [2.45, 2.75) is 52.4 Å². The van der Waals surface area contributed by atoms with Gasteiger partial charge in [0.15, 0.2) is 0 Å². The predicted molar refractivity (Wildman–Crippen MR) is 60.3 cm³/mol. The molecular weight excluding hydrogens is 233 g/mol. The van der Waals surface area contributed by atoms with Crippen molar-refractivity contribution in [2.24, 2.45) is 11.7 Å². The molecule has 2 N–H and O–H groups in total. The zero-order chi connectivity index (χ0) is 13.8. The minimum absolute atomic E-state index is 0.175. The highest BCUT2D eigenvalue weighted by Gasteiger charge is 2.35. The van der Waals surface area contributed by atoms with Gasteiger partial charge >= 0.3 is 6.18 Å². The molecule has 0 heterocycles. The van der Waals surface area contributed by atoms with Crippen molar-refractivity contribution in [3.8, 4) is 0 Å². The Kier molecular flexibility index (Phi) is 5.95. The zero-order valence-electron chi connectivity index (χ0n) is 10.7. The summed E-state index contributed by atoms with van der Waals surface area (Å²) < 4.78 is 37.0. The van der Waals surface area contributed by atoms with Crippen LogP contribution in [0, 0.1) is 5.92 Å². The fourth-order valence-electron chi connectivity index (χ4n) is 1.53. The summed E-state index contributed by atoms with van der Waals surface area (Å²) >= 11 is 0. The van der Waals surface area contributed by atoms with Gasteiger partial charge < -0.3 is 10.6 Å². The van der Waals surface area contributed by atoms with Crippen LogP contribution in [0.15, 0.2) is 0 Å². The van der Waals surface area contributed by atoms with Gasteiger partial charge in [-0.3, -0.25) is 4.79 Å². The Hall–Kier alpha value is -0.780. The van der Waals surface area contributed by atoms with Crippen LogP contribution in [0.1, 0.15) is 34.1 Å². The molecule has 3 nitrogen and oxygen atoms in total. The van der Waals surface area contributed by atoms with Gasteiger partial charge in [0.2, 0.25) is 5.91 Å². The molecule has 0 aliphatic heterocycles. The molecule has 0 aromatic heterocycles. The first-order chi connectivity index (χ1) is 7.54. The molecule has 1 amide bonds. The summed E-state index contributed by atoms with van der Waals surface area (Å²) in [5, 5.41) is 0. The number of carbonyl (C=O) groups excluding carboxylic acids is 1. The third kappa shape index (κ3) is 6.51. The predicted octanol–water partition coefficient (Wildman–Crippen LogP) is 2.16. The van der Waals surface area contributed by atoms with Crippen LogP contribution in [-0.4, -0.2) is 35.6 Å². The number of nitrogens with two attached hydrogens (primary N) is 1. The molecule has 1 unspecified atom stereocenters. The van der Waals surface area contributed by atoms with Gasteiger partial charge in [-0.2, -0.15) is 13.2 Å². The first kappa shape index (κ1) is 16.2. The minimum atomic E-state index is -4.39. The zero-order valence-corrected chi connectivity index (χ0v) is 10.7. The molecule has 0 radical (unpaired) electrons. The highest BCUT2D eigenvalue weighted by molar-refractivity contribution is 5.81. The summed E-state index contributed by atoms with van der Waals surface area (Å²) in [6.07, 6.45) is -4.00. The van der Waals surface area contributed by atoms with E-state index in [1.165, 1.54) is 0 Å². The smallest absolute Gasteiger partial charge is 0.330 e. The van der Waals surface area contributed by atoms with Gasteiger partial charge in [-0.15, -0.1) is 0 Å². The molecule has 0 spiro atoms. The van der Waals surface area contributed by atoms with Gasteiger partial charge in [0.1, 0.15) is 6.54 Å². The summed E-state index contributed by atoms with van der Waals surface area (Å²) in [6, 6.07) is -1.37. The number of rotatable bonds is 5.